The Morgan fingerprint density at radius 3 is 2.15 bits per heavy atom. The topological polar surface area (TPSA) is 25.8 Å². The molecule has 0 bridgehead atoms. The van der Waals surface area contributed by atoms with Crippen molar-refractivity contribution >= 4 is 44.8 Å². The Labute approximate surface area is 348 Å². The van der Waals surface area contributed by atoms with Gasteiger partial charge in [-0.05, 0) is 80.5 Å². The van der Waals surface area contributed by atoms with E-state index in [1.54, 1.807) is 10.8 Å². The molecule has 0 aliphatic heterocycles. The van der Waals surface area contributed by atoms with Crippen LogP contribution in [0.1, 0.15) is 69.6 Å². The molecule has 0 atom stereocenters. The summed E-state index contributed by atoms with van der Waals surface area (Å²) in [6.45, 7) is 16.3. The van der Waals surface area contributed by atoms with Crippen molar-refractivity contribution in [1.82, 2.24) is 9.97 Å². The number of thiophene rings is 1. The van der Waals surface area contributed by atoms with E-state index in [1.165, 1.54) is 81.0 Å². The molecular weight excluding hydrogens is 881 g/mol. The van der Waals surface area contributed by atoms with Gasteiger partial charge in [0.25, 0.3) is 0 Å². The van der Waals surface area contributed by atoms with E-state index < -0.39 is 8.07 Å². The summed E-state index contributed by atoms with van der Waals surface area (Å²) in [6.07, 6.45) is 13.5. The Balaban J connectivity index is 0.000000192. The fourth-order valence-corrected chi connectivity index (χ4v) is 10.6. The van der Waals surface area contributed by atoms with Crippen LogP contribution in [0.15, 0.2) is 109 Å². The average molecular weight is 935 g/mol. The number of benzene rings is 4. The fraction of sp³-hybridized carbons (Fsp3) is 0.320. The molecule has 7 aromatic rings. The first-order valence-electron chi connectivity index (χ1n) is 19.8. The minimum atomic E-state index is -1.36. The van der Waals surface area contributed by atoms with E-state index in [2.05, 4.69) is 151 Å². The maximum absolute atomic E-state index is 4.77. The molecule has 2 nitrogen and oxygen atoms in total. The quantitative estimate of drug-likeness (QED) is 0.118. The Kier molecular flexibility index (Phi) is 13.1. The normalized spacial score (nSPS) is 13.7. The van der Waals surface area contributed by atoms with E-state index in [9.17, 15) is 0 Å². The number of hydrogen-bond donors (Lipinski definition) is 0. The van der Waals surface area contributed by atoms with Crippen LogP contribution in [-0.2, 0) is 32.9 Å². The van der Waals surface area contributed by atoms with Crippen molar-refractivity contribution in [3.05, 3.63) is 138 Å². The summed E-state index contributed by atoms with van der Waals surface area (Å²) in [5, 5.41) is 4.11. The van der Waals surface area contributed by atoms with Crippen LogP contribution in [0.25, 0.3) is 53.8 Å². The second-order valence-corrected chi connectivity index (χ2v) is 23.6. The van der Waals surface area contributed by atoms with Crippen molar-refractivity contribution in [2.45, 2.75) is 92.3 Å². The standard InChI is InChI=1S/C29H26NS.C21H28NSi.Ir/c1-19-18-30-26(15-23(19)17-29(2,3)4)22-10-12-24-25-14-21(20-8-6-5-7-9-20)11-13-27(25)31-28(24)16-22;1-23(2,3)21-16-22-20(18-12-8-5-9-13-18)15-19(21)14-17-10-6-4-7-11-17;/h5-15,18H,17H2,1-4H3;5,8-9,12,15-17H,4,6-7,10-11,14H2,1-3H3;/q2*-1;. The van der Waals surface area contributed by atoms with Gasteiger partial charge in [0.2, 0.25) is 0 Å². The van der Waals surface area contributed by atoms with Gasteiger partial charge in [0.1, 0.15) is 0 Å². The van der Waals surface area contributed by atoms with E-state index >= 15 is 0 Å². The van der Waals surface area contributed by atoms with Crippen LogP contribution < -0.4 is 5.19 Å². The van der Waals surface area contributed by atoms with Crippen molar-refractivity contribution < 1.29 is 20.1 Å². The number of hydrogen-bond acceptors (Lipinski definition) is 3. The first-order valence-corrected chi connectivity index (χ1v) is 24.1. The van der Waals surface area contributed by atoms with Crippen LogP contribution in [0.3, 0.4) is 0 Å². The Hall–Kier alpha value is -3.73. The fourth-order valence-electron chi connectivity index (χ4n) is 7.88. The van der Waals surface area contributed by atoms with Crippen LogP contribution in [0.5, 0.6) is 0 Å². The number of rotatable bonds is 7. The first-order chi connectivity index (χ1) is 25.9. The molecule has 8 rings (SSSR count). The number of aromatic nitrogens is 2. The molecule has 4 aromatic carbocycles. The number of nitrogens with zero attached hydrogens (tertiary/aromatic N) is 2. The van der Waals surface area contributed by atoms with Crippen molar-refractivity contribution in [1.29, 1.82) is 0 Å². The van der Waals surface area contributed by atoms with Crippen LogP contribution in [0, 0.1) is 30.4 Å². The van der Waals surface area contributed by atoms with Crippen molar-refractivity contribution in [2.24, 2.45) is 11.3 Å². The van der Waals surface area contributed by atoms with Gasteiger partial charge in [0, 0.05) is 37.2 Å². The smallest absolute Gasteiger partial charge is 0.0798 e. The van der Waals surface area contributed by atoms with Gasteiger partial charge in [0.15, 0.2) is 0 Å². The van der Waals surface area contributed by atoms with Crippen LogP contribution in [0.2, 0.25) is 19.6 Å². The molecule has 3 aromatic heterocycles. The van der Waals surface area contributed by atoms with E-state index in [0.29, 0.717) is 0 Å². The maximum Gasteiger partial charge on any atom is 0.0798 e. The van der Waals surface area contributed by atoms with Gasteiger partial charge < -0.3 is 9.97 Å². The van der Waals surface area contributed by atoms with Gasteiger partial charge in [-0.25, -0.2) is 0 Å². The van der Waals surface area contributed by atoms with Crippen LogP contribution >= 0.6 is 11.3 Å². The zero-order chi connectivity index (χ0) is 37.9. The third-order valence-corrected chi connectivity index (χ3v) is 13.9. The third kappa shape index (κ3) is 10.2. The molecule has 1 fully saturated rings. The second-order valence-electron chi connectivity index (χ2n) is 17.5. The third-order valence-electron chi connectivity index (χ3n) is 10.7. The average Bonchev–Trinajstić information content (AvgIpc) is 3.53. The Morgan fingerprint density at radius 1 is 0.727 bits per heavy atom. The summed E-state index contributed by atoms with van der Waals surface area (Å²) in [5.41, 5.74) is 11.2. The predicted octanol–water partition coefficient (Wildman–Crippen LogP) is 13.7. The Bertz CT molecular complexity index is 2350. The van der Waals surface area contributed by atoms with Gasteiger partial charge in [-0.1, -0.05) is 144 Å². The number of aryl methyl sites for hydroxylation is 1. The minimum Gasteiger partial charge on any atom is -0.305 e. The molecule has 0 spiro atoms. The molecule has 0 unspecified atom stereocenters. The summed E-state index contributed by atoms with van der Waals surface area (Å²) < 4.78 is 2.49. The zero-order valence-electron chi connectivity index (χ0n) is 33.6. The molecule has 285 valence electrons. The number of fused-ring (bicyclic) bond motifs is 3. The molecule has 1 saturated carbocycles. The minimum absolute atomic E-state index is 0. The SMILES string of the molecule is C[Si](C)(C)c1cnc(-c2[c-]cccc2)cc1CC1CCCCC1.Cc1cnc(-c2[c-]c3sc4ccc(-c5ccccc5)cc4c3cc2)cc1CC(C)(C)C.[Ir]. The monoisotopic (exact) mass is 935 g/mol. The van der Waals surface area contributed by atoms with Crippen molar-refractivity contribution in [3.8, 4) is 33.6 Å². The predicted molar refractivity (Wildman–Crippen MR) is 236 cm³/mol. The van der Waals surface area contributed by atoms with Crippen molar-refractivity contribution in [3.63, 3.8) is 0 Å². The summed E-state index contributed by atoms with van der Waals surface area (Å²) in [4.78, 5) is 9.50. The summed E-state index contributed by atoms with van der Waals surface area (Å²) in [6, 6.07) is 41.5. The maximum atomic E-state index is 4.77. The second kappa shape index (κ2) is 17.6. The van der Waals surface area contributed by atoms with Crippen LogP contribution in [0.4, 0.5) is 0 Å². The van der Waals surface area contributed by atoms with E-state index in [-0.39, 0.29) is 25.5 Å². The van der Waals surface area contributed by atoms with E-state index in [1.807, 2.05) is 29.7 Å². The summed E-state index contributed by atoms with van der Waals surface area (Å²) in [5.74, 6) is 0.869. The molecule has 0 amide bonds. The molecule has 1 aliphatic carbocycles. The van der Waals surface area contributed by atoms with Crippen LogP contribution in [-0.4, -0.2) is 18.0 Å². The van der Waals surface area contributed by atoms with Gasteiger partial charge in [-0.3, -0.25) is 0 Å². The van der Waals surface area contributed by atoms with Gasteiger partial charge in [0.05, 0.1) is 8.07 Å². The molecular formula is C50H54IrN2SSi-2. The molecule has 3 heterocycles. The Morgan fingerprint density at radius 2 is 1.44 bits per heavy atom. The largest absolute Gasteiger partial charge is 0.305 e. The van der Waals surface area contributed by atoms with Gasteiger partial charge in [-0.2, -0.15) is 11.3 Å². The van der Waals surface area contributed by atoms with E-state index in [4.69, 9.17) is 9.97 Å². The molecule has 55 heavy (non-hydrogen) atoms. The first kappa shape index (κ1) is 40.9. The van der Waals surface area contributed by atoms with Gasteiger partial charge >= 0.3 is 0 Å². The zero-order valence-corrected chi connectivity index (χ0v) is 37.8. The van der Waals surface area contributed by atoms with Gasteiger partial charge in [-0.15, -0.1) is 59.7 Å². The summed E-state index contributed by atoms with van der Waals surface area (Å²) in [7, 11) is -1.36. The molecule has 1 aliphatic rings. The molecule has 5 heteroatoms. The molecule has 0 saturated heterocycles. The summed E-state index contributed by atoms with van der Waals surface area (Å²) >= 11 is 1.81. The van der Waals surface area contributed by atoms with Crippen molar-refractivity contribution in [2.75, 3.05) is 0 Å². The number of pyridine rings is 2. The molecule has 1 radical (unpaired) electrons. The molecule has 0 N–H and O–H groups in total. The van der Waals surface area contributed by atoms with E-state index in [0.717, 1.165) is 34.9 Å².